The second kappa shape index (κ2) is 5.07. The van der Waals surface area contributed by atoms with E-state index < -0.39 is 6.04 Å². The Balaban J connectivity index is 2.00. The number of rotatable bonds is 3. The van der Waals surface area contributed by atoms with Gasteiger partial charge in [-0.15, -0.1) is 0 Å². The van der Waals surface area contributed by atoms with Gasteiger partial charge < -0.3 is 15.7 Å². The maximum atomic E-state index is 12.2. The first-order chi connectivity index (χ1) is 8.49. The number of aryl methyl sites for hydroxylation is 1. The van der Waals surface area contributed by atoms with Gasteiger partial charge >= 0.3 is 0 Å². The fourth-order valence-electron chi connectivity index (χ4n) is 2.32. The molecule has 0 saturated carbocycles. The first kappa shape index (κ1) is 13.0. The van der Waals surface area contributed by atoms with Crippen molar-refractivity contribution in [1.29, 1.82) is 0 Å². The van der Waals surface area contributed by atoms with Crippen LogP contribution in [0.15, 0.2) is 12.4 Å². The Hall–Kier alpha value is -1.40. The lowest BCUT2D eigenvalue weighted by molar-refractivity contribution is -0.131. The van der Waals surface area contributed by atoms with E-state index in [0.717, 1.165) is 12.0 Å². The summed E-state index contributed by atoms with van der Waals surface area (Å²) in [7, 11) is 1.79. The number of aliphatic hydroxyl groups is 1. The van der Waals surface area contributed by atoms with Crippen molar-refractivity contribution in [2.75, 3.05) is 13.1 Å². The number of carbonyl (C=O) groups is 1. The molecule has 0 spiro atoms. The Morgan fingerprint density at radius 2 is 2.39 bits per heavy atom. The summed E-state index contributed by atoms with van der Waals surface area (Å²) in [6, 6.07) is -0.661. The standard InChI is InChI=1S/C12H20N4O2/c1-8(17)9-3-4-16(7-9)12(18)11(13)10-5-14-15(2)6-10/h5-6,8-9,11,17H,3-4,7,13H2,1-2H3. The lowest BCUT2D eigenvalue weighted by Crippen LogP contribution is -2.37. The smallest absolute Gasteiger partial charge is 0.244 e. The molecule has 1 amide bonds. The van der Waals surface area contributed by atoms with Crippen LogP contribution in [0.3, 0.4) is 0 Å². The molecule has 1 aromatic rings. The molecule has 0 bridgehead atoms. The quantitative estimate of drug-likeness (QED) is 0.770. The summed E-state index contributed by atoms with van der Waals surface area (Å²) in [5, 5.41) is 13.5. The molecule has 1 fully saturated rings. The molecule has 6 nitrogen and oxygen atoms in total. The molecule has 1 aliphatic heterocycles. The van der Waals surface area contributed by atoms with Crippen LogP contribution in [-0.4, -0.2) is 44.9 Å². The average molecular weight is 252 g/mol. The van der Waals surface area contributed by atoms with Crippen molar-refractivity contribution in [1.82, 2.24) is 14.7 Å². The van der Waals surface area contributed by atoms with E-state index >= 15 is 0 Å². The Kier molecular flexibility index (Phi) is 3.68. The molecule has 0 aromatic carbocycles. The minimum absolute atomic E-state index is 0.0915. The zero-order chi connectivity index (χ0) is 13.3. The first-order valence-corrected chi connectivity index (χ1v) is 6.20. The van der Waals surface area contributed by atoms with Crippen molar-refractivity contribution < 1.29 is 9.90 Å². The van der Waals surface area contributed by atoms with Gasteiger partial charge in [0.05, 0.1) is 12.3 Å². The van der Waals surface area contributed by atoms with E-state index in [2.05, 4.69) is 5.10 Å². The van der Waals surface area contributed by atoms with Crippen LogP contribution in [0, 0.1) is 5.92 Å². The Morgan fingerprint density at radius 3 is 2.89 bits per heavy atom. The van der Waals surface area contributed by atoms with Crippen LogP contribution in [0.4, 0.5) is 0 Å². The molecule has 1 saturated heterocycles. The van der Waals surface area contributed by atoms with Gasteiger partial charge in [0.25, 0.3) is 0 Å². The van der Waals surface area contributed by atoms with Gasteiger partial charge in [-0.1, -0.05) is 0 Å². The molecule has 3 atom stereocenters. The Morgan fingerprint density at radius 1 is 1.67 bits per heavy atom. The fraction of sp³-hybridized carbons (Fsp3) is 0.667. The molecule has 0 aliphatic carbocycles. The van der Waals surface area contributed by atoms with E-state index in [9.17, 15) is 9.90 Å². The van der Waals surface area contributed by atoms with E-state index in [-0.39, 0.29) is 17.9 Å². The number of hydrogen-bond acceptors (Lipinski definition) is 4. The summed E-state index contributed by atoms with van der Waals surface area (Å²) in [4.78, 5) is 13.9. The molecule has 100 valence electrons. The summed E-state index contributed by atoms with van der Waals surface area (Å²) in [6.45, 7) is 3.02. The third-order valence-corrected chi connectivity index (χ3v) is 3.57. The highest BCUT2D eigenvalue weighted by Gasteiger charge is 2.32. The van der Waals surface area contributed by atoms with Crippen molar-refractivity contribution in [3.05, 3.63) is 18.0 Å². The maximum Gasteiger partial charge on any atom is 0.244 e. The van der Waals surface area contributed by atoms with Gasteiger partial charge in [-0.25, -0.2) is 0 Å². The van der Waals surface area contributed by atoms with Crippen molar-refractivity contribution >= 4 is 5.91 Å². The first-order valence-electron chi connectivity index (χ1n) is 6.20. The fourth-order valence-corrected chi connectivity index (χ4v) is 2.32. The van der Waals surface area contributed by atoms with Gasteiger partial charge in [-0.3, -0.25) is 9.48 Å². The van der Waals surface area contributed by atoms with E-state index in [4.69, 9.17) is 5.73 Å². The highest BCUT2D eigenvalue weighted by Crippen LogP contribution is 2.22. The van der Waals surface area contributed by atoms with Crippen LogP contribution in [0.25, 0.3) is 0 Å². The molecular formula is C12H20N4O2. The molecule has 2 rings (SSSR count). The van der Waals surface area contributed by atoms with Gasteiger partial charge in [0.15, 0.2) is 0 Å². The largest absolute Gasteiger partial charge is 0.393 e. The molecule has 3 N–H and O–H groups in total. The summed E-state index contributed by atoms with van der Waals surface area (Å²) in [6.07, 6.45) is 3.83. The third kappa shape index (κ3) is 2.54. The van der Waals surface area contributed by atoms with Gasteiger partial charge in [0.2, 0.25) is 5.91 Å². The monoisotopic (exact) mass is 252 g/mol. The number of likely N-dealkylation sites (tertiary alicyclic amines) is 1. The number of amides is 1. The van der Waals surface area contributed by atoms with Crippen LogP contribution in [0.2, 0.25) is 0 Å². The Bertz CT molecular complexity index is 429. The van der Waals surface area contributed by atoms with Crippen LogP contribution in [-0.2, 0) is 11.8 Å². The van der Waals surface area contributed by atoms with Crippen LogP contribution >= 0.6 is 0 Å². The number of aromatic nitrogens is 2. The highest BCUT2D eigenvalue weighted by molar-refractivity contribution is 5.83. The van der Waals surface area contributed by atoms with Gasteiger partial charge in [0.1, 0.15) is 6.04 Å². The van der Waals surface area contributed by atoms with Crippen molar-refractivity contribution in [3.63, 3.8) is 0 Å². The average Bonchev–Trinajstić information content (AvgIpc) is 2.95. The van der Waals surface area contributed by atoms with Crippen LogP contribution in [0.1, 0.15) is 24.9 Å². The van der Waals surface area contributed by atoms with Gasteiger partial charge in [-0.2, -0.15) is 5.10 Å². The number of nitrogens with two attached hydrogens (primary N) is 1. The lowest BCUT2D eigenvalue weighted by Gasteiger charge is -2.20. The van der Waals surface area contributed by atoms with E-state index in [1.54, 1.807) is 35.9 Å². The van der Waals surface area contributed by atoms with Gasteiger partial charge in [0, 0.05) is 37.8 Å². The third-order valence-electron chi connectivity index (χ3n) is 3.57. The molecule has 1 aliphatic rings. The molecule has 1 aromatic heterocycles. The molecule has 3 unspecified atom stereocenters. The number of carbonyl (C=O) groups excluding carboxylic acids is 1. The maximum absolute atomic E-state index is 12.2. The minimum atomic E-state index is -0.661. The number of nitrogens with zero attached hydrogens (tertiary/aromatic N) is 3. The van der Waals surface area contributed by atoms with Crippen molar-refractivity contribution in [3.8, 4) is 0 Å². The summed E-state index contributed by atoms with van der Waals surface area (Å²) in [5.74, 6) is 0.0706. The number of hydrogen-bond donors (Lipinski definition) is 2. The Labute approximate surface area is 106 Å². The van der Waals surface area contributed by atoms with Crippen LogP contribution in [0.5, 0.6) is 0 Å². The normalized spacial score (nSPS) is 23.1. The predicted octanol–water partition coefficient (Wildman–Crippen LogP) is -0.351. The second-order valence-corrected chi connectivity index (χ2v) is 5.00. The SMILES string of the molecule is CC(O)C1CCN(C(=O)C(N)c2cnn(C)c2)C1. The number of aliphatic hydroxyl groups excluding tert-OH is 1. The topological polar surface area (TPSA) is 84.4 Å². The summed E-state index contributed by atoms with van der Waals surface area (Å²) in [5.41, 5.74) is 6.67. The zero-order valence-electron chi connectivity index (χ0n) is 10.8. The second-order valence-electron chi connectivity index (χ2n) is 5.00. The molecule has 2 heterocycles. The molecular weight excluding hydrogens is 232 g/mol. The molecule has 6 heteroatoms. The van der Waals surface area contributed by atoms with E-state index in [1.165, 1.54) is 0 Å². The van der Waals surface area contributed by atoms with Crippen LogP contribution < -0.4 is 5.73 Å². The summed E-state index contributed by atoms with van der Waals surface area (Å²) < 4.78 is 1.63. The molecule has 0 radical (unpaired) electrons. The van der Waals surface area contributed by atoms with E-state index in [1.807, 2.05) is 0 Å². The van der Waals surface area contributed by atoms with Gasteiger partial charge in [-0.05, 0) is 13.3 Å². The summed E-state index contributed by atoms with van der Waals surface area (Å²) >= 11 is 0. The highest BCUT2D eigenvalue weighted by atomic mass is 16.3. The van der Waals surface area contributed by atoms with Crippen molar-refractivity contribution in [2.45, 2.75) is 25.5 Å². The predicted molar refractivity (Wildman–Crippen MR) is 66.5 cm³/mol. The van der Waals surface area contributed by atoms with E-state index in [0.29, 0.717) is 13.1 Å². The zero-order valence-corrected chi connectivity index (χ0v) is 10.8. The minimum Gasteiger partial charge on any atom is -0.393 e. The van der Waals surface area contributed by atoms with Crippen molar-refractivity contribution in [2.24, 2.45) is 18.7 Å². The lowest BCUT2D eigenvalue weighted by atomic mass is 10.0. The molecule has 18 heavy (non-hydrogen) atoms.